The molecule has 0 aliphatic rings. The Labute approximate surface area is 166 Å². The maximum absolute atomic E-state index is 13.1. The molecule has 2 amide bonds. The summed E-state index contributed by atoms with van der Waals surface area (Å²) in [6.07, 6.45) is 3.06. The van der Waals surface area contributed by atoms with Gasteiger partial charge in [-0.05, 0) is 29.1 Å². The normalized spacial score (nSPS) is 10.7. The predicted molar refractivity (Wildman–Crippen MR) is 109 cm³/mol. The van der Waals surface area contributed by atoms with Gasteiger partial charge in [-0.15, -0.1) is 0 Å². The van der Waals surface area contributed by atoms with Gasteiger partial charge >= 0.3 is 6.03 Å². The first-order chi connectivity index (χ1) is 14.1. The van der Waals surface area contributed by atoms with Crippen LogP contribution in [0.5, 0.6) is 5.88 Å². The summed E-state index contributed by atoms with van der Waals surface area (Å²) in [7, 11) is 0. The van der Waals surface area contributed by atoms with Crippen LogP contribution in [0.3, 0.4) is 0 Å². The number of anilines is 1. The Kier molecular flexibility index (Phi) is 5.03. The first-order valence-electron chi connectivity index (χ1n) is 8.88. The Morgan fingerprint density at radius 1 is 1.00 bits per heavy atom. The molecular formula is C22H17FN4O2. The SMILES string of the molecule is NC(=O)Nc1c(-c2nccnc2OCc2ccc(F)cc2)ccc2ccccc12. The van der Waals surface area contributed by atoms with Gasteiger partial charge in [0, 0.05) is 23.3 Å². The van der Waals surface area contributed by atoms with Gasteiger partial charge in [-0.25, -0.2) is 19.2 Å². The van der Waals surface area contributed by atoms with Gasteiger partial charge in [0.15, 0.2) is 0 Å². The zero-order valence-corrected chi connectivity index (χ0v) is 15.3. The van der Waals surface area contributed by atoms with Crippen molar-refractivity contribution in [3.63, 3.8) is 0 Å². The van der Waals surface area contributed by atoms with E-state index in [1.807, 2.05) is 36.4 Å². The molecule has 6 nitrogen and oxygen atoms in total. The number of ether oxygens (including phenoxy) is 1. The second kappa shape index (κ2) is 7.93. The molecule has 0 atom stereocenters. The van der Waals surface area contributed by atoms with Gasteiger partial charge in [-0.2, -0.15) is 0 Å². The van der Waals surface area contributed by atoms with Gasteiger partial charge in [0.25, 0.3) is 0 Å². The van der Waals surface area contributed by atoms with Crippen molar-refractivity contribution >= 4 is 22.5 Å². The number of hydrogen-bond donors (Lipinski definition) is 2. The molecule has 4 aromatic rings. The molecule has 0 spiro atoms. The molecule has 3 aromatic carbocycles. The van der Waals surface area contributed by atoms with Crippen LogP contribution in [0, 0.1) is 5.82 Å². The first-order valence-corrected chi connectivity index (χ1v) is 8.88. The number of benzene rings is 3. The molecule has 144 valence electrons. The van der Waals surface area contributed by atoms with Crippen molar-refractivity contribution < 1.29 is 13.9 Å². The number of aromatic nitrogens is 2. The standard InChI is InChI=1S/C22H17FN4O2/c23-16-8-5-14(6-9-16)13-29-21-20(25-11-12-26-21)18-10-7-15-3-1-2-4-17(15)19(18)27-22(24)28/h1-12H,13H2,(H3,24,27,28). The molecule has 3 N–H and O–H groups in total. The van der Waals surface area contributed by atoms with E-state index in [2.05, 4.69) is 15.3 Å². The van der Waals surface area contributed by atoms with Crippen LogP contribution in [0.1, 0.15) is 5.56 Å². The lowest BCUT2D eigenvalue weighted by Crippen LogP contribution is -2.20. The highest BCUT2D eigenvalue weighted by atomic mass is 19.1. The van der Waals surface area contributed by atoms with Gasteiger partial charge in [0.1, 0.15) is 18.1 Å². The summed E-state index contributed by atoms with van der Waals surface area (Å²) in [6, 6.07) is 16.7. The topological polar surface area (TPSA) is 90.1 Å². The minimum absolute atomic E-state index is 0.193. The van der Waals surface area contributed by atoms with Crippen LogP contribution in [0.4, 0.5) is 14.9 Å². The lowest BCUT2D eigenvalue weighted by atomic mass is 10.0. The molecule has 7 heteroatoms. The molecule has 1 aromatic heterocycles. The van der Waals surface area contributed by atoms with Crippen LogP contribution in [0.25, 0.3) is 22.0 Å². The number of nitrogens with two attached hydrogens (primary N) is 1. The van der Waals surface area contributed by atoms with Gasteiger partial charge in [0.2, 0.25) is 5.88 Å². The minimum atomic E-state index is -0.680. The van der Waals surface area contributed by atoms with Crippen LogP contribution in [-0.4, -0.2) is 16.0 Å². The van der Waals surface area contributed by atoms with Crippen molar-refractivity contribution in [1.29, 1.82) is 0 Å². The van der Waals surface area contributed by atoms with Gasteiger partial charge in [0.05, 0.1) is 5.69 Å². The van der Waals surface area contributed by atoms with Crippen LogP contribution >= 0.6 is 0 Å². The minimum Gasteiger partial charge on any atom is -0.471 e. The number of hydrogen-bond acceptors (Lipinski definition) is 4. The number of carbonyl (C=O) groups is 1. The molecule has 1 heterocycles. The van der Waals surface area contributed by atoms with Crippen molar-refractivity contribution in [3.8, 4) is 17.1 Å². The van der Waals surface area contributed by atoms with Gasteiger partial charge in [-0.3, -0.25) is 0 Å². The summed E-state index contributed by atoms with van der Waals surface area (Å²) < 4.78 is 19.0. The molecule has 4 rings (SSSR count). The van der Waals surface area contributed by atoms with Crippen molar-refractivity contribution in [2.24, 2.45) is 5.73 Å². The smallest absolute Gasteiger partial charge is 0.316 e. The number of amides is 2. The maximum atomic E-state index is 13.1. The summed E-state index contributed by atoms with van der Waals surface area (Å²) in [6.45, 7) is 0.193. The number of nitrogens with one attached hydrogen (secondary N) is 1. The molecule has 0 aliphatic heterocycles. The number of rotatable bonds is 5. The molecule has 0 unspecified atom stereocenters. The average Bonchev–Trinajstić information content (AvgIpc) is 2.74. The molecule has 0 radical (unpaired) electrons. The molecule has 0 saturated heterocycles. The maximum Gasteiger partial charge on any atom is 0.316 e. The summed E-state index contributed by atoms with van der Waals surface area (Å²) in [5.74, 6) is -0.0214. The number of halogens is 1. The third kappa shape index (κ3) is 3.98. The van der Waals surface area contributed by atoms with E-state index in [-0.39, 0.29) is 12.4 Å². The highest BCUT2D eigenvalue weighted by Crippen LogP contribution is 2.37. The number of nitrogens with zero attached hydrogens (tertiary/aromatic N) is 2. The quantitative estimate of drug-likeness (QED) is 0.526. The van der Waals surface area contributed by atoms with E-state index in [1.54, 1.807) is 18.3 Å². The van der Waals surface area contributed by atoms with Crippen LogP contribution in [-0.2, 0) is 6.61 Å². The second-order valence-electron chi connectivity index (χ2n) is 6.32. The van der Waals surface area contributed by atoms with E-state index in [1.165, 1.54) is 18.3 Å². The zero-order valence-electron chi connectivity index (χ0n) is 15.3. The van der Waals surface area contributed by atoms with Crippen LogP contribution in [0.2, 0.25) is 0 Å². The Bertz CT molecular complexity index is 1180. The summed E-state index contributed by atoms with van der Waals surface area (Å²) in [4.78, 5) is 20.3. The lowest BCUT2D eigenvalue weighted by molar-refractivity contribution is 0.259. The highest BCUT2D eigenvalue weighted by molar-refractivity contribution is 6.07. The first kappa shape index (κ1) is 18.4. The van der Waals surface area contributed by atoms with E-state index in [4.69, 9.17) is 10.5 Å². The van der Waals surface area contributed by atoms with Crippen LogP contribution < -0.4 is 15.8 Å². The van der Waals surface area contributed by atoms with Crippen molar-refractivity contribution in [3.05, 3.63) is 84.4 Å². The highest BCUT2D eigenvalue weighted by Gasteiger charge is 2.17. The summed E-state index contributed by atoms with van der Waals surface area (Å²) in [5.41, 5.74) is 7.81. The fourth-order valence-electron chi connectivity index (χ4n) is 3.07. The molecule has 0 fully saturated rings. The van der Waals surface area contributed by atoms with Crippen molar-refractivity contribution in [2.45, 2.75) is 6.61 Å². The summed E-state index contributed by atoms with van der Waals surface area (Å²) in [5, 5.41) is 4.46. The third-order valence-corrected chi connectivity index (χ3v) is 4.39. The number of fused-ring (bicyclic) bond motifs is 1. The largest absolute Gasteiger partial charge is 0.471 e. The molecular weight excluding hydrogens is 371 g/mol. The fraction of sp³-hybridized carbons (Fsp3) is 0.0455. The second-order valence-corrected chi connectivity index (χ2v) is 6.32. The lowest BCUT2D eigenvalue weighted by Gasteiger charge is -2.15. The van der Waals surface area contributed by atoms with E-state index in [0.717, 1.165) is 16.3 Å². The van der Waals surface area contributed by atoms with Crippen LogP contribution in [0.15, 0.2) is 73.1 Å². The Hall–Kier alpha value is -4.00. The van der Waals surface area contributed by atoms with Crippen molar-refractivity contribution in [2.75, 3.05) is 5.32 Å². The molecule has 0 aliphatic carbocycles. The van der Waals surface area contributed by atoms with E-state index >= 15 is 0 Å². The predicted octanol–water partition coefficient (Wildman–Crippen LogP) is 4.51. The zero-order chi connectivity index (χ0) is 20.2. The fourth-order valence-corrected chi connectivity index (χ4v) is 3.07. The van der Waals surface area contributed by atoms with Crippen molar-refractivity contribution in [1.82, 2.24) is 9.97 Å². The Balaban J connectivity index is 1.76. The summed E-state index contributed by atoms with van der Waals surface area (Å²) >= 11 is 0. The molecule has 0 bridgehead atoms. The van der Waals surface area contributed by atoms with E-state index in [0.29, 0.717) is 22.8 Å². The molecule has 0 saturated carbocycles. The Morgan fingerprint density at radius 2 is 1.76 bits per heavy atom. The van der Waals surface area contributed by atoms with Gasteiger partial charge in [-0.1, -0.05) is 42.5 Å². The third-order valence-electron chi connectivity index (χ3n) is 4.39. The monoisotopic (exact) mass is 388 g/mol. The number of primary amides is 1. The average molecular weight is 388 g/mol. The Morgan fingerprint density at radius 3 is 2.55 bits per heavy atom. The van der Waals surface area contributed by atoms with Gasteiger partial charge < -0.3 is 15.8 Å². The van der Waals surface area contributed by atoms with E-state index in [9.17, 15) is 9.18 Å². The van der Waals surface area contributed by atoms with E-state index < -0.39 is 6.03 Å². The number of carbonyl (C=O) groups excluding carboxylic acids is 1. The molecule has 29 heavy (non-hydrogen) atoms. The number of urea groups is 1.